The summed E-state index contributed by atoms with van der Waals surface area (Å²) in [5, 5.41) is 12.9. The molecule has 0 radical (unpaired) electrons. The van der Waals surface area contributed by atoms with Crippen molar-refractivity contribution in [2.75, 3.05) is 27.9 Å². The van der Waals surface area contributed by atoms with E-state index < -0.39 is 11.9 Å². The zero-order chi connectivity index (χ0) is 23.3. The normalized spacial score (nSPS) is 10.6. The number of aromatic nitrogens is 1. The van der Waals surface area contributed by atoms with E-state index in [4.69, 9.17) is 18.9 Å². The minimum Gasteiger partial charge on any atom is -0.619 e. The molecule has 0 aliphatic carbocycles. The van der Waals surface area contributed by atoms with Crippen LogP contribution < -0.4 is 14.2 Å². The van der Waals surface area contributed by atoms with Gasteiger partial charge in [0, 0.05) is 17.7 Å². The minimum absolute atomic E-state index is 0.0391. The highest BCUT2D eigenvalue weighted by Crippen LogP contribution is 2.41. The lowest BCUT2D eigenvalue weighted by atomic mass is 9.89. The Morgan fingerprint density at radius 1 is 0.969 bits per heavy atom. The van der Waals surface area contributed by atoms with Crippen molar-refractivity contribution in [1.29, 1.82) is 0 Å². The van der Waals surface area contributed by atoms with Crippen LogP contribution in [-0.4, -0.2) is 39.9 Å². The number of unbranched alkanes of at least 4 members (excludes halogenated alkanes) is 1. The van der Waals surface area contributed by atoms with E-state index >= 15 is 0 Å². The van der Waals surface area contributed by atoms with E-state index in [1.165, 1.54) is 33.7 Å². The number of benzene rings is 2. The van der Waals surface area contributed by atoms with E-state index in [9.17, 15) is 14.8 Å². The molecule has 3 aromatic rings. The highest BCUT2D eigenvalue weighted by Gasteiger charge is 2.27. The van der Waals surface area contributed by atoms with Crippen LogP contribution in [0.3, 0.4) is 0 Å². The predicted octanol–water partition coefficient (Wildman–Crippen LogP) is 3.90. The largest absolute Gasteiger partial charge is 0.619 e. The molecule has 0 saturated heterocycles. The number of pyridine rings is 1. The van der Waals surface area contributed by atoms with Crippen molar-refractivity contribution in [1.82, 2.24) is 0 Å². The fraction of sp³-hybridized carbons (Fsp3) is 0.292. The molecular weight excluding hydrogens is 414 g/mol. The van der Waals surface area contributed by atoms with Gasteiger partial charge in [-0.15, -0.1) is 0 Å². The second kappa shape index (κ2) is 10.00. The zero-order valence-electron chi connectivity index (χ0n) is 18.5. The van der Waals surface area contributed by atoms with Crippen LogP contribution in [0.5, 0.6) is 11.5 Å². The molecule has 0 N–H and O–H groups in total. The molecule has 0 aliphatic rings. The van der Waals surface area contributed by atoms with Gasteiger partial charge in [0.05, 0.1) is 39.1 Å². The molecule has 0 spiro atoms. The van der Waals surface area contributed by atoms with Gasteiger partial charge in [0.2, 0.25) is 0 Å². The third kappa shape index (κ3) is 4.44. The lowest BCUT2D eigenvalue weighted by Crippen LogP contribution is -2.23. The average Bonchev–Trinajstić information content (AvgIpc) is 2.82. The second-order valence-corrected chi connectivity index (χ2v) is 7.03. The summed E-state index contributed by atoms with van der Waals surface area (Å²) in [5.41, 5.74) is 1.06. The van der Waals surface area contributed by atoms with E-state index in [2.05, 4.69) is 6.92 Å². The van der Waals surface area contributed by atoms with Crippen LogP contribution in [0.15, 0.2) is 42.7 Å². The van der Waals surface area contributed by atoms with Crippen molar-refractivity contribution in [3.8, 4) is 22.6 Å². The van der Waals surface area contributed by atoms with Gasteiger partial charge in [-0.1, -0.05) is 13.3 Å². The number of hydrogen-bond donors (Lipinski definition) is 0. The van der Waals surface area contributed by atoms with Crippen LogP contribution in [0.2, 0.25) is 0 Å². The van der Waals surface area contributed by atoms with E-state index in [0.717, 1.165) is 12.8 Å². The van der Waals surface area contributed by atoms with Crippen LogP contribution in [0, 0.1) is 5.21 Å². The molecule has 1 heterocycles. The van der Waals surface area contributed by atoms with Crippen LogP contribution in [0.1, 0.15) is 40.5 Å². The Hall–Kier alpha value is -3.81. The Bertz CT molecular complexity index is 1140. The van der Waals surface area contributed by atoms with Crippen LogP contribution >= 0.6 is 0 Å². The first-order chi connectivity index (χ1) is 15.4. The van der Waals surface area contributed by atoms with Crippen molar-refractivity contribution in [3.05, 3.63) is 59.1 Å². The van der Waals surface area contributed by atoms with Crippen LogP contribution in [0.25, 0.3) is 21.9 Å². The number of ether oxygens (including phenoxy) is 4. The summed E-state index contributed by atoms with van der Waals surface area (Å²) in [5.74, 6) is -0.395. The highest BCUT2D eigenvalue weighted by atomic mass is 16.5. The first-order valence-electron chi connectivity index (χ1n) is 10.1. The van der Waals surface area contributed by atoms with Gasteiger partial charge in [-0.2, -0.15) is 4.73 Å². The lowest BCUT2D eigenvalue weighted by molar-refractivity contribution is -0.605. The van der Waals surface area contributed by atoms with Gasteiger partial charge < -0.3 is 24.2 Å². The number of fused-ring (bicyclic) bond motifs is 1. The Balaban J connectivity index is 2.41. The molecule has 2 aromatic carbocycles. The lowest BCUT2D eigenvalue weighted by Gasteiger charge is -2.18. The molecular formula is C24H25NO7. The molecule has 8 heteroatoms. The maximum absolute atomic E-state index is 12.8. The van der Waals surface area contributed by atoms with Crippen LogP contribution in [-0.2, 0) is 9.47 Å². The summed E-state index contributed by atoms with van der Waals surface area (Å²) in [4.78, 5) is 25.4. The van der Waals surface area contributed by atoms with Gasteiger partial charge in [-0.05, 0) is 41.0 Å². The molecule has 0 bridgehead atoms. The number of rotatable bonds is 8. The number of methoxy groups -OCH3 is 3. The van der Waals surface area contributed by atoms with Gasteiger partial charge in [-0.25, -0.2) is 9.59 Å². The number of nitrogens with zero attached hydrogens (tertiary/aromatic N) is 1. The number of carbonyl (C=O) groups is 2. The van der Waals surface area contributed by atoms with E-state index in [1.54, 1.807) is 30.3 Å². The Labute approximate surface area is 185 Å². The molecule has 0 atom stereocenters. The summed E-state index contributed by atoms with van der Waals surface area (Å²) < 4.78 is 22.0. The Morgan fingerprint density at radius 2 is 1.66 bits per heavy atom. The molecule has 0 saturated carbocycles. The molecule has 0 amide bonds. The first-order valence-corrected chi connectivity index (χ1v) is 10.1. The zero-order valence-corrected chi connectivity index (χ0v) is 18.5. The smallest absolute Gasteiger partial charge is 0.339 e. The van der Waals surface area contributed by atoms with Crippen molar-refractivity contribution in [3.63, 3.8) is 0 Å². The number of carbonyl (C=O) groups excluding carboxylic acids is 2. The molecule has 8 nitrogen and oxygen atoms in total. The molecule has 0 unspecified atom stereocenters. The molecule has 32 heavy (non-hydrogen) atoms. The molecule has 3 rings (SSSR count). The second-order valence-electron chi connectivity index (χ2n) is 7.03. The summed E-state index contributed by atoms with van der Waals surface area (Å²) >= 11 is 0. The Kier molecular flexibility index (Phi) is 7.14. The van der Waals surface area contributed by atoms with Crippen LogP contribution in [0.4, 0.5) is 0 Å². The number of esters is 2. The highest BCUT2D eigenvalue weighted by molar-refractivity contribution is 6.15. The van der Waals surface area contributed by atoms with E-state index in [0.29, 0.717) is 44.7 Å². The van der Waals surface area contributed by atoms with Gasteiger partial charge >= 0.3 is 11.9 Å². The predicted molar refractivity (Wildman–Crippen MR) is 118 cm³/mol. The van der Waals surface area contributed by atoms with Gasteiger partial charge in [0.15, 0.2) is 23.9 Å². The summed E-state index contributed by atoms with van der Waals surface area (Å²) in [7, 11) is 4.00. The topological polar surface area (TPSA) is 98.0 Å². The van der Waals surface area contributed by atoms with Crippen molar-refractivity contribution >= 4 is 22.7 Å². The molecule has 1 aromatic heterocycles. The van der Waals surface area contributed by atoms with Gasteiger partial charge in [0.1, 0.15) is 0 Å². The third-order valence-corrected chi connectivity index (χ3v) is 5.07. The van der Waals surface area contributed by atoms with Crippen molar-refractivity contribution in [2.45, 2.75) is 19.8 Å². The fourth-order valence-corrected chi connectivity index (χ4v) is 3.47. The van der Waals surface area contributed by atoms with Gasteiger partial charge in [-0.3, -0.25) is 0 Å². The SMILES string of the molecule is CCCCOc1cc2cc(C(=O)OC)c(C(=O)OC)c(-c3cc[n+]([O-])cc3)c2cc1OC. The number of hydrogen-bond acceptors (Lipinski definition) is 7. The third-order valence-electron chi connectivity index (χ3n) is 5.07. The maximum Gasteiger partial charge on any atom is 0.339 e. The summed E-state index contributed by atoms with van der Waals surface area (Å²) in [6, 6.07) is 8.20. The van der Waals surface area contributed by atoms with Gasteiger partial charge in [0.25, 0.3) is 0 Å². The first kappa shape index (κ1) is 22.9. The van der Waals surface area contributed by atoms with Crippen molar-refractivity contribution < 1.29 is 33.3 Å². The van der Waals surface area contributed by atoms with Crippen molar-refractivity contribution in [2.24, 2.45) is 0 Å². The fourth-order valence-electron chi connectivity index (χ4n) is 3.47. The molecule has 0 aliphatic heterocycles. The maximum atomic E-state index is 12.8. The molecule has 168 valence electrons. The average molecular weight is 439 g/mol. The molecule has 0 fully saturated rings. The standard InChI is InChI=1S/C24H25NO7/c1-5-6-11-32-20-13-16-12-18(23(26)30-3)22(24(27)31-4)21(17(16)14-19(20)29-2)15-7-9-25(28)10-8-15/h7-10,12-14H,5-6,11H2,1-4H3. The summed E-state index contributed by atoms with van der Waals surface area (Å²) in [6.07, 6.45) is 4.47. The van der Waals surface area contributed by atoms with E-state index in [-0.39, 0.29) is 11.1 Å². The summed E-state index contributed by atoms with van der Waals surface area (Å²) in [6.45, 7) is 2.58. The van der Waals surface area contributed by atoms with E-state index in [1.807, 2.05) is 0 Å². The quantitative estimate of drug-likeness (QED) is 0.227. The monoisotopic (exact) mass is 439 g/mol. The Morgan fingerprint density at radius 3 is 2.25 bits per heavy atom. The minimum atomic E-state index is -0.705.